The first-order chi connectivity index (χ1) is 22.4. The number of para-hydroxylation sites is 1. The number of esters is 2. The third-order valence-electron chi connectivity index (χ3n) is 8.19. The fourth-order valence-corrected chi connectivity index (χ4v) is 7.10. The molecule has 2 aromatic heterocycles. The summed E-state index contributed by atoms with van der Waals surface area (Å²) in [5.74, 6) is -1.77. The first-order valence-corrected chi connectivity index (χ1v) is 17.0. The van der Waals surface area contributed by atoms with Crippen molar-refractivity contribution in [3.8, 4) is 11.8 Å². The molecular weight excluding hydrogens is 631 g/mol. The highest BCUT2D eigenvalue weighted by atomic mass is 31.2. The van der Waals surface area contributed by atoms with Gasteiger partial charge in [0.25, 0.3) is 0 Å². The number of carbonyl (C=O) groups is 2. The van der Waals surface area contributed by atoms with E-state index in [4.69, 9.17) is 29.0 Å². The Bertz CT molecular complexity index is 1670. The van der Waals surface area contributed by atoms with E-state index in [0.717, 1.165) is 32.1 Å². The van der Waals surface area contributed by atoms with E-state index in [0.29, 0.717) is 5.52 Å². The Morgan fingerprint density at radius 3 is 2.55 bits per heavy atom. The maximum atomic E-state index is 14.3. The van der Waals surface area contributed by atoms with E-state index in [9.17, 15) is 24.5 Å². The number of fused-ring (bicyclic) bond motifs is 1. The van der Waals surface area contributed by atoms with Gasteiger partial charge in [-0.3, -0.25) is 14.1 Å². The van der Waals surface area contributed by atoms with Crippen LogP contribution in [0.5, 0.6) is 5.75 Å². The average molecular weight is 671 g/mol. The van der Waals surface area contributed by atoms with E-state index in [1.165, 1.54) is 36.0 Å². The predicted molar refractivity (Wildman–Crippen MR) is 167 cm³/mol. The van der Waals surface area contributed by atoms with Gasteiger partial charge in [0, 0.05) is 0 Å². The number of hydrogen-bond acceptors (Lipinski definition) is 13. The molecule has 0 radical (unpaired) electrons. The number of carbonyl (C=O) groups excluding carboxylic acids is 2. The van der Waals surface area contributed by atoms with E-state index in [2.05, 4.69) is 15.2 Å². The SMILES string of the molecule is CC(C)C(=O)O[C@@H]1[C@@](C#N)(CO[P@@](=O)(N[C@@H](C)C(=O)OC2CCCCC2)Oc2ccccc2)OC[C@]1(O)c1ccc2c(N)ncnn12. The van der Waals surface area contributed by atoms with Gasteiger partial charge in [0.1, 0.15) is 42.4 Å². The summed E-state index contributed by atoms with van der Waals surface area (Å²) in [5, 5.41) is 29.4. The molecular formula is C31H39N6O9P. The van der Waals surface area contributed by atoms with E-state index >= 15 is 0 Å². The number of nitrogens with zero attached hydrogens (tertiary/aromatic N) is 4. The lowest BCUT2D eigenvalue weighted by Gasteiger charge is -2.34. The van der Waals surface area contributed by atoms with Crippen molar-refractivity contribution in [2.75, 3.05) is 18.9 Å². The van der Waals surface area contributed by atoms with Crippen LogP contribution in [0.4, 0.5) is 5.82 Å². The number of rotatable bonds is 12. The topological polar surface area (TPSA) is 210 Å². The molecule has 16 heteroatoms. The highest BCUT2D eigenvalue weighted by molar-refractivity contribution is 7.52. The number of nitrogen functional groups attached to an aromatic ring is 1. The molecule has 1 aromatic carbocycles. The van der Waals surface area contributed by atoms with E-state index < -0.39 is 62.2 Å². The molecule has 0 bridgehead atoms. The highest BCUT2D eigenvalue weighted by Gasteiger charge is 2.64. The molecule has 3 aromatic rings. The number of nitrogens with one attached hydrogen (secondary N) is 1. The minimum Gasteiger partial charge on any atom is -0.461 e. The maximum absolute atomic E-state index is 14.3. The maximum Gasteiger partial charge on any atom is 0.459 e. The molecule has 1 aliphatic carbocycles. The number of hydrogen-bond donors (Lipinski definition) is 3. The molecule has 1 saturated heterocycles. The van der Waals surface area contributed by atoms with Gasteiger partial charge in [-0.05, 0) is 56.9 Å². The molecule has 2 aliphatic rings. The smallest absolute Gasteiger partial charge is 0.459 e. The Kier molecular flexibility index (Phi) is 10.2. The largest absolute Gasteiger partial charge is 0.461 e. The second-order valence-corrected chi connectivity index (χ2v) is 13.8. The van der Waals surface area contributed by atoms with Gasteiger partial charge >= 0.3 is 19.7 Å². The second-order valence-electron chi connectivity index (χ2n) is 12.1. The van der Waals surface area contributed by atoms with Crippen LogP contribution < -0.4 is 15.3 Å². The molecule has 1 aliphatic heterocycles. The van der Waals surface area contributed by atoms with Gasteiger partial charge in [-0.2, -0.15) is 15.4 Å². The molecule has 0 amide bonds. The van der Waals surface area contributed by atoms with Crippen LogP contribution in [0.25, 0.3) is 5.52 Å². The van der Waals surface area contributed by atoms with Crippen molar-refractivity contribution >= 4 is 31.0 Å². The molecule has 252 valence electrons. The molecule has 47 heavy (non-hydrogen) atoms. The lowest BCUT2D eigenvalue weighted by Crippen LogP contribution is -2.53. The molecule has 0 unspecified atom stereocenters. The summed E-state index contributed by atoms with van der Waals surface area (Å²) >= 11 is 0. The molecule has 4 N–H and O–H groups in total. The normalized spacial score (nSPS) is 25.1. The van der Waals surface area contributed by atoms with Gasteiger partial charge < -0.3 is 29.6 Å². The summed E-state index contributed by atoms with van der Waals surface area (Å²) in [6.07, 6.45) is 3.68. The van der Waals surface area contributed by atoms with Crippen molar-refractivity contribution in [1.29, 1.82) is 5.26 Å². The number of benzene rings is 1. The van der Waals surface area contributed by atoms with Gasteiger partial charge in [-0.15, -0.1) is 0 Å². The van der Waals surface area contributed by atoms with Crippen molar-refractivity contribution in [3.05, 3.63) is 54.5 Å². The molecule has 2 fully saturated rings. The summed E-state index contributed by atoms with van der Waals surface area (Å²) in [4.78, 5) is 29.9. The van der Waals surface area contributed by atoms with Gasteiger partial charge in [-0.25, -0.2) is 14.1 Å². The Balaban J connectivity index is 1.45. The average Bonchev–Trinajstić information content (AvgIpc) is 3.62. The molecule has 5 rings (SSSR count). The monoisotopic (exact) mass is 670 g/mol. The highest BCUT2D eigenvalue weighted by Crippen LogP contribution is 2.49. The molecule has 15 nitrogen and oxygen atoms in total. The third kappa shape index (κ3) is 7.27. The first-order valence-electron chi connectivity index (χ1n) is 15.4. The zero-order valence-corrected chi connectivity index (χ0v) is 27.3. The lowest BCUT2D eigenvalue weighted by atomic mass is 9.86. The molecule has 1 saturated carbocycles. The molecule has 5 atom stereocenters. The van der Waals surface area contributed by atoms with Gasteiger partial charge in [-0.1, -0.05) is 38.5 Å². The van der Waals surface area contributed by atoms with Crippen molar-refractivity contribution < 1.29 is 42.5 Å². The fraction of sp³-hybridized carbons (Fsp3) is 0.516. The fourth-order valence-electron chi connectivity index (χ4n) is 5.58. The third-order valence-corrected chi connectivity index (χ3v) is 9.81. The quantitative estimate of drug-likeness (QED) is 0.186. The van der Waals surface area contributed by atoms with Crippen molar-refractivity contribution in [1.82, 2.24) is 19.7 Å². The number of aliphatic hydroxyl groups is 1. The minimum atomic E-state index is -4.49. The number of aromatic nitrogens is 3. The summed E-state index contributed by atoms with van der Waals surface area (Å²) in [6, 6.07) is 12.0. The Hall–Kier alpha value is -4.06. The van der Waals surface area contributed by atoms with Crippen LogP contribution in [0, 0.1) is 17.2 Å². The van der Waals surface area contributed by atoms with Crippen LogP contribution in [0.3, 0.4) is 0 Å². The summed E-state index contributed by atoms with van der Waals surface area (Å²) in [6.45, 7) is 3.27. The minimum absolute atomic E-state index is 0.0983. The summed E-state index contributed by atoms with van der Waals surface area (Å²) in [7, 11) is -4.49. The lowest BCUT2D eigenvalue weighted by molar-refractivity contribution is -0.173. The Morgan fingerprint density at radius 1 is 1.15 bits per heavy atom. The van der Waals surface area contributed by atoms with Crippen LogP contribution in [0.15, 0.2) is 48.8 Å². The van der Waals surface area contributed by atoms with Crippen LogP contribution in [-0.4, -0.2) is 68.7 Å². The zero-order valence-electron chi connectivity index (χ0n) is 26.4. The Morgan fingerprint density at radius 2 is 1.87 bits per heavy atom. The summed E-state index contributed by atoms with van der Waals surface area (Å²) in [5.41, 5.74) is 2.09. The standard InChI is InChI=1S/C31H39N6O9P/c1-20(2)27(38)45-29-30(16-32,42-18-31(29,40)25-15-14-24-26(33)34-19-35-37(24)25)17-43-47(41,46-23-12-8-5-9-13-23)36-21(3)28(39)44-22-10-6-4-7-11-22/h5,8-9,12-15,19-22,29,40H,4,6-7,10-11,17-18H2,1-3H3,(H,36,41)(H2,33,34,35)/t21-,29+,30+,31-,47-/m0/s1. The van der Waals surface area contributed by atoms with Gasteiger partial charge in [0.15, 0.2) is 17.5 Å². The van der Waals surface area contributed by atoms with Gasteiger partial charge in [0.2, 0.25) is 5.60 Å². The van der Waals surface area contributed by atoms with Crippen LogP contribution in [0.2, 0.25) is 0 Å². The van der Waals surface area contributed by atoms with Crippen LogP contribution in [-0.2, 0) is 38.5 Å². The van der Waals surface area contributed by atoms with Crippen molar-refractivity contribution in [3.63, 3.8) is 0 Å². The zero-order chi connectivity index (χ0) is 33.8. The van der Waals surface area contributed by atoms with Crippen LogP contribution in [0.1, 0.15) is 58.6 Å². The molecule has 3 heterocycles. The van der Waals surface area contributed by atoms with Crippen molar-refractivity contribution in [2.45, 2.75) is 82.3 Å². The van der Waals surface area contributed by atoms with Crippen molar-refractivity contribution in [2.24, 2.45) is 5.92 Å². The Labute approximate surface area is 271 Å². The van der Waals surface area contributed by atoms with Crippen LogP contribution >= 0.6 is 7.75 Å². The number of ether oxygens (including phenoxy) is 3. The number of nitriles is 1. The van der Waals surface area contributed by atoms with Gasteiger partial charge in [0.05, 0.1) is 18.2 Å². The number of anilines is 1. The summed E-state index contributed by atoms with van der Waals surface area (Å²) < 4.78 is 44.5. The van der Waals surface area contributed by atoms with E-state index in [1.54, 1.807) is 38.1 Å². The predicted octanol–water partition coefficient (Wildman–Crippen LogP) is 3.42. The molecule has 0 spiro atoms. The second kappa shape index (κ2) is 14.0. The first kappa shape index (κ1) is 34.3. The van der Waals surface area contributed by atoms with E-state index in [-0.39, 0.29) is 23.4 Å². The number of nitrogens with two attached hydrogens (primary N) is 1. The van der Waals surface area contributed by atoms with E-state index in [1.807, 2.05) is 6.07 Å².